The molecule has 1 amide bonds. The molecule has 0 unspecified atom stereocenters. The molecule has 1 N–H and O–H groups in total. The minimum Gasteiger partial charge on any atom is -0.395 e. The first-order chi connectivity index (χ1) is 7.79. The van der Waals surface area contributed by atoms with Crippen LogP contribution < -0.4 is 0 Å². The van der Waals surface area contributed by atoms with Gasteiger partial charge in [0.25, 0.3) is 0 Å². The Bertz CT molecular complexity index is 202. The molecule has 0 aromatic rings. The van der Waals surface area contributed by atoms with Crippen LogP contribution in [0.2, 0.25) is 0 Å². The van der Waals surface area contributed by atoms with E-state index in [2.05, 4.69) is 6.92 Å². The van der Waals surface area contributed by atoms with Crippen molar-refractivity contribution < 1.29 is 9.90 Å². The number of aliphatic hydroxyl groups is 1. The number of carbonyl (C=O) groups is 1. The first kappa shape index (κ1) is 13.5. The van der Waals surface area contributed by atoms with Crippen molar-refractivity contribution in [1.82, 2.24) is 4.90 Å². The Hall–Kier alpha value is -0.570. The van der Waals surface area contributed by atoms with Gasteiger partial charge in [-0.2, -0.15) is 0 Å². The zero-order valence-corrected chi connectivity index (χ0v) is 10.5. The number of nitrogens with zero attached hydrogens (tertiary/aromatic N) is 1. The van der Waals surface area contributed by atoms with Crippen molar-refractivity contribution in [3.05, 3.63) is 0 Å². The normalized spacial score (nSPS) is 15.1. The fourth-order valence-electron chi connectivity index (χ4n) is 2.03. The highest BCUT2D eigenvalue weighted by atomic mass is 16.3. The molecule has 0 radical (unpaired) electrons. The van der Waals surface area contributed by atoms with Crippen molar-refractivity contribution in [1.29, 1.82) is 0 Å². The Morgan fingerprint density at radius 2 is 1.94 bits per heavy atom. The quantitative estimate of drug-likeness (QED) is 0.614. The van der Waals surface area contributed by atoms with Crippen molar-refractivity contribution in [3.63, 3.8) is 0 Å². The third kappa shape index (κ3) is 4.97. The van der Waals surface area contributed by atoms with Crippen molar-refractivity contribution in [3.8, 4) is 0 Å². The molecule has 3 heteroatoms. The monoisotopic (exact) mass is 227 g/mol. The van der Waals surface area contributed by atoms with E-state index in [1.165, 1.54) is 19.3 Å². The van der Waals surface area contributed by atoms with Crippen molar-refractivity contribution in [2.75, 3.05) is 13.2 Å². The van der Waals surface area contributed by atoms with Gasteiger partial charge < -0.3 is 10.0 Å². The molecule has 94 valence electrons. The van der Waals surface area contributed by atoms with E-state index in [0.29, 0.717) is 19.0 Å². The predicted molar refractivity (Wildman–Crippen MR) is 65.2 cm³/mol. The maximum Gasteiger partial charge on any atom is 0.222 e. The second-order valence-electron chi connectivity index (χ2n) is 4.71. The number of amides is 1. The van der Waals surface area contributed by atoms with Crippen LogP contribution in [0.1, 0.15) is 58.3 Å². The van der Waals surface area contributed by atoms with Crippen LogP contribution in [0.3, 0.4) is 0 Å². The summed E-state index contributed by atoms with van der Waals surface area (Å²) in [6.07, 6.45) is 8.85. The van der Waals surface area contributed by atoms with Gasteiger partial charge in [0.15, 0.2) is 0 Å². The number of rotatable bonds is 9. The van der Waals surface area contributed by atoms with Crippen LogP contribution in [-0.2, 0) is 4.79 Å². The molecule has 1 fully saturated rings. The van der Waals surface area contributed by atoms with E-state index >= 15 is 0 Å². The van der Waals surface area contributed by atoms with E-state index in [9.17, 15) is 4.79 Å². The smallest absolute Gasteiger partial charge is 0.222 e. The summed E-state index contributed by atoms with van der Waals surface area (Å²) in [5.74, 6) is 0.244. The molecule has 0 spiro atoms. The fourth-order valence-corrected chi connectivity index (χ4v) is 2.03. The summed E-state index contributed by atoms with van der Waals surface area (Å²) >= 11 is 0. The highest BCUT2D eigenvalue weighted by molar-refractivity contribution is 5.76. The molecule has 0 aliphatic heterocycles. The molecule has 1 aliphatic rings. The molecule has 0 heterocycles. The van der Waals surface area contributed by atoms with Gasteiger partial charge in [-0.3, -0.25) is 4.79 Å². The maximum atomic E-state index is 11.9. The van der Waals surface area contributed by atoms with E-state index in [-0.39, 0.29) is 12.5 Å². The van der Waals surface area contributed by atoms with Gasteiger partial charge in [0, 0.05) is 19.0 Å². The lowest BCUT2D eigenvalue weighted by Gasteiger charge is -2.21. The number of aliphatic hydroxyl groups excluding tert-OH is 1. The summed E-state index contributed by atoms with van der Waals surface area (Å²) in [6, 6.07) is 0.440. The third-order valence-corrected chi connectivity index (χ3v) is 3.14. The summed E-state index contributed by atoms with van der Waals surface area (Å²) in [7, 11) is 0. The van der Waals surface area contributed by atoms with Crippen molar-refractivity contribution in [2.24, 2.45) is 0 Å². The van der Waals surface area contributed by atoms with Crippen LogP contribution in [0.4, 0.5) is 0 Å². The van der Waals surface area contributed by atoms with Gasteiger partial charge in [-0.05, 0) is 19.3 Å². The van der Waals surface area contributed by atoms with Gasteiger partial charge in [-0.15, -0.1) is 0 Å². The average Bonchev–Trinajstić information content (AvgIpc) is 3.09. The molecule has 0 saturated heterocycles. The topological polar surface area (TPSA) is 40.5 Å². The van der Waals surface area contributed by atoms with Crippen LogP contribution in [0.25, 0.3) is 0 Å². The minimum absolute atomic E-state index is 0.0953. The number of hydrogen-bond donors (Lipinski definition) is 1. The zero-order valence-electron chi connectivity index (χ0n) is 10.5. The van der Waals surface area contributed by atoms with E-state index in [1.54, 1.807) is 0 Å². The summed E-state index contributed by atoms with van der Waals surface area (Å²) in [4.78, 5) is 13.7. The Morgan fingerprint density at radius 3 is 2.50 bits per heavy atom. The Balaban J connectivity index is 2.11. The maximum absolute atomic E-state index is 11.9. The van der Waals surface area contributed by atoms with Gasteiger partial charge in [-0.1, -0.05) is 32.6 Å². The summed E-state index contributed by atoms with van der Waals surface area (Å²) in [5.41, 5.74) is 0. The van der Waals surface area contributed by atoms with Gasteiger partial charge in [0.05, 0.1) is 6.61 Å². The largest absolute Gasteiger partial charge is 0.395 e. The minimum atomic E-state index is 0.0953. The highest BCUT2D eigenvalue weighted by Crippen LogP contribution is 2.27. The van der Waals surface area contributed by atoms with Crippen LogP contribution >= 0.6 is 0 Å². The van der Waals surface area contributed by atoms with Crippen LogP contribution in [0, 0.1) is 0 Å². The lowest BCUT2D eigenvalue weighted by atomic mass is 10.1. The average molecular weight is 227 g/mol. The lowest BCUT2D eigenvalue weighted by Crippen LogP contribution is -2.35. The second kappa shape index (κ2) is 7.66. The SMILES string of the molecule is CCCCCCCC(=O)N(CCO)C1CC1. The van der Waals surface area contributed by atoms with E-state index < -0.39 is 0 Å². The standard InChI is InChI=1S/C13H25NO2/c1-2-3-4-5-6-7-13(16)14(10-11-15)12-8-9-12/h12,15H,2-11H2,1H3. The Morgan fingerprint density at radius 1 is 1.25 bits per heavy atom. The summed E-state index contributed by atoms with van der Waals surface area (Å²) < 4.78 is 0. The first-order valence-electron chi connectivity index (χ1n) is 6.70. The highest BCUT2D eigenvalue weighted by Gasteiger charge is 2.31. The van der Waals surface area contributed by atoms with Gasteiger partial charge in [0.1, 0.15) is 0 Å². The number of unbranched alkanes of at least 4 members (excludes halogenated alkanes) is 4. The Kier molecular flexibility index (Phi) is 6.46. The molecule has 1 aliphatic carbocycles. The molecule has 0 bridgehead atoms. The number of carbonyl (C=O) groups excluding carboxylic acids is 1. The number of hydrogen-bond acceptors (Lipinski definition) is 2. The molecule has 0 atom stereocenters. The molecule has 3 nitrogen and oxygen atoms in total. The molecule has 1 rings (SSSR count). The second-order valence-corrected chi connectivity index (χ2v) is 4.71. The lowest BCUT2D eigenvalue weighted by molar-refractivity contribution is -0.132. The molecule has 1 saturated carbocycles. The molecule has 0 aromatic carbocycles. The first-order valence-corrected chi connectivity index (χ1v) is 6.70. The molecular weight excluding hydrogens is 202 g/mol. The van der Waals surface area contributed by atoms with E-state index in [1.807, 2.05) is 4.90 Å². The van der Waals surface area contributed by atoms with E-state index in [0.717, 1.165) is 25.7 Å². The third-order valence-electron chi connectivity index (χ3n) is 3.14. The van der Waals surface area contributed by atoms with E-state index in [4.69, 9.17) is 5.11 Å². The predicted octanol–water partition coefficient (Wildman–Crippen LogP) is 2.33. The van der Waals surface area contributed by atoms with Crippen molar-refractivity contribution >= 4 is 5.91 Å². The Labute approximate surface area is 98.8 Å². The molecule has 0 aromatic heterocycles. The molecular formula is C13H25NO2. The van der Waals surface area contributed by atoms with Crippen molar-refractivity contribution in [2.45, 2.75) is 64.3 Å². The molecule has 16 heavy (non-hydrogen) atoms. The summed E-state index contributed by atoms with van der Waals surface area (Å²) in [6.45, 7) is 2.82. The van der Waals surface area contributed by atoms with Crippen LogP contribution in [0.15, 0.2) is 0 Å². The fraction of sp³-hybridized carbons (Fsp3) is 0.923. The van der Waals surface area contributed by atoms with Crippen LogP contribution in [-0.4, -0.2) is 35.1 Å². The summed E-state index contributed by atoms with van der Waals surface area (Å²) in [5, 5.41) is 8.91. The zero-order chi connectivity index (χ0) is 11.8. The van der Waals surface area contributed by atoms with Gasteiger partial charge >= 0.3 is 0 Å². The van der Waals surface area contributed by atoms with Gasteiger partial charge in [0.2, 0.25) is 5.91 Å². The van der Waals surface area contributed by atoms with Gasteiger partial charge in [-0.25, -0.2) is 0 Å². The van der Waals surface area contributed by atoms with Crippen LogP contribution in [0.5, 0.6) is 0 Å².